The summed E-state index contributed by atoms with van der Waals surface area (Å²) in [6.45, 7) is 1.58. The molecule has 1 heterocycles. The lowest BCUT2D eigenvalue weighted by molar-refractivity contribution is 0.0950. The van der Waals surface area contributed by atoms with Gasteiger partial charge in [0.2, 0.25) is 0 Å². The molecule has 1 aromatic heterocycles. The minimum absolute atomic E-state index is 0.0878. The number of imidazole rings is 1. The molecule has 4 aromatic rings. The molecule has 33 heavy (non-hydrogen) atoms. The van der Waals surface area contributed by atoms with Crippen LogP contribution in [0, 0.1) is 0 Å². The van der Waals surface area contributed by atoms with Crippen molar-refractivity contribution in [2.75, 3.05) is 13.7 Å². The van der Waals surface area contributed by atoms with Crippen LogP contribution in [0.4, 0.5) is 0 Å². The average Bonchev–Trinajstić information content (AvgIpc) is 3.22. The van der Waals surface area contributed by atoms with Gasteiger partial charge in [0.25, 0.3) is 5.91 Å². The Morgan fingerprint density at radius 2 is 1.64 bits per heavy atom. The number of hydrogen-bond acceptors (Lipinski definition) is 3. The van der Waals surface area contributed by atoms with Gasteiger partial charge in [0.05, 0.1) is 23.7 Å². The third kappa shape index (κ3) is 5.80. The van der Waals surface area contributed by atoms with E-state index in [2.05, 4.69) is 58.4 Å². The molecule has 170 valence electrons. The monoisotopic (exact) mass is 441 g/mol. The summed E-state index contributed by atoms with van der Waals surface area (Å²) in [7, 11) is 1.58. The van der Waals surface area contributed by atoms with Crippen LogP contribution < -0.4 is 10.1 Å². The van der Waals surface area contributed by atoms with Gasteiger partial charge < -0.3 is 14.6 Å². The normalized spacial score (nSPS) is 10.9. The number of nitrogens with one attached hydrogen (secondary N) is 1. The first-order chi connectivity index (χ1) is 16.3. The second-order valence-corrected chi connectivity index (χ2v) is 8.17. The van der Waals surface area contributed by atoms with Crippen LogP contribution in [0.15, 0.2) is 78.9 Å². The Hall–Kier alpha value is -3.60. The summed E-state index contributed by atoms with van der Waals surface area (Å²) < 4.78 is 7.64. The van der Waals surface area contributed by atoms with Crippen molar-refractivity contribution < 1.29 is 9.53 Å². The van der Waals surface area contributed by atoms with Crippen LogP contribution in [0.2, 0.25) is 0 Å². The SMILES string of the molecule is COc1ccccc1C(=O)NCCCCCc1nc2ccccc2n1CCc1ccccc1. The van der Waals surface area contributed by atoms with E-state index in [1.54, 1.807) is 19.2 Å². The van der Waals surface area contributed by atoms with E-state index in [-0.39, 0.29) is 5.91 Å². The van der Waals surface area contributed by atoms with Crippen LogP contribution in [0.3, 0.4) is 0 Å². The number of hydrogen-bond donors (Lipinski definition) is 1. The molecule has 5 heteroatoms. The molecule has 0 saturated heterocycles. The predicted octanol–water partition coefficient (Wildman–Crippen LogP) is 5.43. The van der Waals surface area contributed by atoms with Crippen molar-refractivity contribution in [1.29, 1.82) is 0 Å². The first kappa shape index (κ1) is 22.6. The average molecular weight is 442 g/mol. The van der Waals surface area contributed by atoms with Crippen molar-refractivity contribution in [2.45, 2.75) is 38.6 Å². The summed E-state index contributed by atoms with van der Waals surface area (Å²) in [6.07, 6.45) is 4.94. The summed E-state index contributed by atoms with van der Waals surface area (Å²) >= 11 is 0. The number of unbranched alkanes of at least 4 members (excludes halogenated alkanes) is 2. The topological polar surface area (TPSA) is 56.1 Å². The number of para-hydroxylation sites is 3. The summed E-state index contributed by atoms with van der Waals surface area (Å²) in [6, 6.07) is 26.3. The first-order valence-corrected chi connectivity index (χ1v) is 11.7. The molecule has 0 spiro atoms. The van der Waals surface area contributed by atoms with E-state index in [0.29, 0.717) is 17.9 Å². The van der Waals surface area contributed by atoms with Gasteiger partial charge in [-0.2, -0.15) is 0 Å². The Balaban J connectivity index is 1.29. The van der Waals surface area contributed by atoms with Gasteiger partial charge in [0, 0.05) is 19.5 Å². The highest BCUT2D eigenvalue weighted by Crippen LogP contribution is 2.19. The number of fused-ring (bicyclic) bond motifs is 1. The molecule has 1 amide bonds. The van der Waals surface area contributed by atoms with Crippen molar-refractivity contribution in [3.05, 3.63) is 95.8 Å². The Bertz CT molecular complexity index is 1180. The van der Waals surface area contributed by atoms with Gasteiger partial charge in [-0.25, -0.2) is 4.98 Å². The smallest absolute Gasteiger partial charge is 0.255 e. The quantitative estimate of drug-likeness (QED) is 0.316. The minimum atomic E-state index is -0.0878. The van der Waals surface area contributed by atoms with Gasteiger partial charge in [-0.3, -0.25) is 4.79 Å². The number of amides is 1. The highest BCUT2D eigenvalue weighted by molar-refractivity contribution is 5.96. The zero-order valence-electron chi connectivity index (χ0n) is 19.2. The van der Waals surface area contributed by atoms with E-state index < -0.39 is 0 Å². The maximum absolute atomic E-state index is 12.4. The molecule has 0 saturated carbocycles. The number of rotatable bonds is 11. The van der Waals surface area contributed by atoms with Crippen molar-refractivity contribution in [3.63, 3.8) is 0 Å². The van der Waals surface area contributed by atoms with E-state index in [4.69, 9.17) is 9.72 Å². The van der Waals surface area contributed by atoms with Gasteiger partial charge in [-0.05, 0) is 49.1 Å². The Kier molecular flexibility index (Phi) is 7.75. The highest BCUT2D eigenvalue weighted by Gasteiger charge is 2.12. The van der Waals surface area contributed by atoms with E-state index in [1.165, 1.54) is 11.1 Å². The van der Waals surface area contributed by atoms with Crippen molar-refractivity contribution in [1.82, 2.24) is 14.9 Å². The van der Waals surface area contributed by atoms with Gasteiger partial charge >= 0.3 is 0 Å². The molecule has 0 radical (unpaired) electrons. The lowest BCUT2D eigenvalue weighted by atomic mass is 10.1. The van der Waals surface area contributed by atoms with Gasteiger partial charge in [0.15, 0.2) is 0 Å². The molecule has 1 N–H and O–H groups in total. The number of carbonyl (C=O) groups excluding carboxylic acids is 1. The molecule has 3 aromatic carbocycles. The molecular formula is C28H31N3O2. The maximum Gasteiger partial charge on any atom is 0.255 e. The van der Waals surface area contributed by atoms with E-state index in [9.17, 15) is 4.79 Å². The van der Waals surface area contributed by atoms with Crippen LogP contribution in [-0.4, -0.2) is 29.1 Å². The zero-order chi connectivity index (χ0) is 22.9. The zero-order valence-corrected chi connectivity index (χ0v) is 19.2. The molecule has 0 atom stereocenters. The Morgan fingerprint density at radius 3 is 2.48 bits per heavy atom. The molecular weight excluding hydrogens is 410 g/mol. The number of methoxy groups -OCH3 is 1. The third-order valence-corrected chi connectivity index (χ3v) is 5.91. The summed E-state index contributed by atoms with van der Waals surface area (Å²) in [5, 5.41) is 3.00. The molecule has 0 aliphatic heterocycles. The lowest BCUT2D eigenvalue weighted by Gasteiger charge is -2.10. The van der Waals surface area contributed by atoms with Crippen LogP contribution in [0.1, 0.15) is 41.0 Å². The summed E-state index contributed by atoms with van der Waals surface area (Å²) in [5.74, 6) is 1.66. The van der Waals surface area contributed by atoms with E-state index in [0.717, 1.165) is 50.0 Å². The fourth-order valence-electron chi connectivity index (χ4n) is 4.17. The largest absolute Gasteiger partial charge is 0.496 e. The second-order valence-electron chi connectivity index (χ2n) is 8.17. The number of aromatic nitrogens is 2. The molecule has 5 nitrogen and oxygen atoms in total. The van der Waals surface area contributed by atoms with Crippen LogP contribution in [0.25, 0.3) is 11.0 Å². The van der Waals surface area contributed by atoms with Gasteiger partial charge in [-0.1, -0.05) is 61.0 Å². The van der Waals surface area contributed by atoms with Crippen LogP contribution >= 0.6 is 0 Å². The first-order valence-electron chi connectivity index (χ1n) is 11.7. The molecule has 0 bridgehead atoms. The summed E-state index contributed by atoms with van der Waals surface area (Å²) in [5.41, 5.74) is 4.18. The Labute approximate surface area is 195 Å². The standard InChI is InChI=1S/C28H31N3O2/c1-33-26-17-10-7-14-23(26)28(32)29-20-11-3-6-18-27-30-24-15-8-9-16-25(24)31(27)21-19-22-12-4-2-5-13-22/h2,4-5,7-10,12-17H,3,6,11,18-21H2,1H3,(H,29,32). The summed E-state index contributed by atoms with van der Waals surface area (Å²) in [4.78, 5) is 17.3. The van der Waals surface area contributed by atoms with Crippen molar-refractivity contribution in [3.8, 4) is 5.75 Å². The van der Waals surface area contributed by atoms with E-state index >= 15 is 0 Å². The fraction of sp³-hybridized carbons (Fsp3) is 0.286. The third-order valence-electron chi connectivity index (χ3n) is 5.91. The number of carbonyl (C=O) groups is 1. The molecule has 4 rings (SSSR count). The minimum Gasteiger partial charge on any atom is -0.496 e. The second kappa shape index (κ2) is 11.3. The van der Waals surface area contributed by atoms with Crippen LogP contribution in [0.5, 0.6) is 5.75 Å². The highest BCUT2D eigenvalue weighted by atomic mass is 16.5. The number of benzene rings is 3. The number of nitrogens with zero attached hydrogens (tertiary/aromatic N) is 2. The van der Waals surface area contributed by atoms with Gasteiger partial charge in [-0.15, -0.1) is 0 Å². The lowest BCUT2D eigenvalue weighted by Crippen LogP contribution is -2.24. The molecule has 0 aliphatic carbocycles. The molecule has 0 aliphatic rings. The maximum atomic E-state index is 12.4. The molecule has 0 fully saturated rings. The number of aryl methyl sites for hydroxylation is 3. The van der Waals surface area contributed by atoms with Crippen molar-refractivity contribution in [2.24, 2.45) is 0 Å². The van der Waals surface area contributed by atoms with Gasteiger partial charge in [0.1, 0.15) is 11.6 Å². The number of ether oxygens (including phenoxy) is 1. The van der Waals surface area contributed by atoms with Crippen molar-refractivity contribution >= 4 is 16.9 Å². The predicted molar refractivity (Wildman–Crippen MR) is 133 cm³/mol. The van der Waals surface area contributed by atoms with Crippen LogP contribution in [-0.2, 0) is 19.4 Å². The van der Waals surface area contributed by atoms with E-state index in [1.807, 2.05) is 18.2 Å². The fourth-order valence-corrected chi connectivity index (χ4v) is 4.17. The Morgan fingerprint density at radius 1 is 0.879 bits per heavy atom. The molecule has 0 unspecified atom stereocenters.